The van der Waals surface area contributed by atoms with Gasteiger partial charge in [0, 0.05) is 6.42 Å². The molecule has 0 saturated carbocycles. The number of alkyl halides is 1. The van der Waals surface area contributed by atoms with E-state index in [0.29, 0.717) is 6.42 Å². The van der Waals surface area contributed by atoms with E-state index in [1.165, 1.54) is 5.56 Å². The molecule has 2 rings (SSSR count). The summed E-state index contributed by atoms with van der Waals surface area (Å²) < 4.78 is 18.4. The van der Waals surface area contributed by atoms with E-state index in [1.807, 2.05) is 31.2 Å². The van der Waals surface area contributed by atoms with Crippen molar-refractivity contribution in [3.8, 4) is 0 Å². The SMILES string of the molecule is Cc1ccc(CC2(F)COC2)cc1. The Labute approximate surface area is 77.5 Å². The van der Waals surface area contributed by atoms with Gasteiger partial charge in [0.25, 0.3) is 0 Å². The van der Waals surface area contributed by atoms with Gasteiger partial charge in [0.05, 0.1) is 13.2 Å². The Kier molecular flexibility index (Phi) is 2.08. The summed E-state index contributed by atoms with van der Waals surface area (Å²) in [6, 6.07) is 7.99. The summed E-state index contributed by atoms with van der Waals surface area (Å²) >= 11 is 0. The zero-order valence-electron chi connectivity index (χ0n) is 7.72. The highest BCUT2D eigenvalue weighted by atomic mass is 19.1. The van der Waals surface area contributed by atoms with Gasteiger partial charge in [-0.2, -0.15) is 0 Å². The van der Waals surface area contributed by atoms with Crippen LogP contribution >= 0.6 is 0 Å². The van der Waals surface area contributed by atoms with Crippen molar-refractivity contribution in [2.24, 2.45) is 0 Å². The first kappa shape index (κ1) is 8.70. The van der Waals surface area contributed by atoms with E-state index in [4.69, 9.17) is 4.74 Å². The minimum atomic E-state index is -1.10. The number of ether oxygens (including phenoxy) is 1. The fourth-order valence-corrected chi connectivity index (χ4v) is 1.50. The second-order valence-corrected chi connectivity index (χ2v) is 3.81. The highest BCUT2D eigenvalue weighted by molar-refractivity contribution is 5.23. The van der Waals surface area contributed by atoms with Crippen LogP contribution in [0.25, 0.3) is 0 Å². The number of benzene rings is 1. The van der Waals surface area contributed by atoms with Crippen molar-refractivity contribution in [2.45, 2.75) is 19.0 Å². The molecule has 13 heavy (non-hydrogen) atoms. The van der Waals surface area contributed by atoms with Gasteiger partial charge in [0.2, 0.25) is 0 Å². The van der Waals surface area contributed by atoms with Crippen LogP contribution < -0.4 is 0 Å². The number of hydrogen-bond acceptors (Lipinski definition) is 1. The molecule has 1 aliphatic rings. The summed E-state index contributed by atoms with van der Waals surface area (Å²) in [5.74, 6) is 0. The summed E-state index contributed by atoms with van der Waals surface area (Å²) in [7, 11) is 0. The van der Waals surface area contributed by atoms with E-state index in [9.17, 15) is 4.39 Å². The third-order valence-corrected chi connectivity index (χ3v) is 2.36. The van der Waals surface area contributed by atoms with Gasteiger partial charge in [-0.25, -0.2) is 4.39 Å². The summed E-state index contributed by atoms with van der Waals surface area (Å²) in [5, 5.41) is 0. The van der Waals surface area contributed by atoms with Crippen LogP contribution in [0.4, 0.5) is 4.39 Å². The van der Waals surface area contributed by atoms with Crippen molar-refractivity contribution in [2.75, 3.05) is 13.2 Å². The molecule has 2 heteroatoms. The number of aryl methyl sites for hydroxylation is 1. The number of halogens is 1. The van der Waals surface area contributed by atoms with Gasteiger partial charge in [0.1, 0.15) is 0 Å². The Morgan fingerprint density at radius 3 is 2.38 bits per heavy atom. The smallest absolute Gasteiger partial charge is 0.161 e. The molecule has 70 valence electrons. The highest BCUT2D eigenvalue weighted by Gasteiger charge is 2.38. The van der Waals surface area contributed by atoms with Crippen LogP contribution in [0.15, 0.2) is 24.3 Å². The molecule has 1 aliphatic heterocycles. The summed E-state index contributed by atoms with van der Waals surface area (Å²) in [6.07, 6.45) is 0.479. The molecule has 1 aromatic rings. The molecule has 1 heterocycles. The molecule has 1 fully saturated rings. The van der Waals surface area contributed by atoms with Crippen LogP contribution in [0.2, 0.25) is 0 Å². The van der Waals surface area contributed by atoms with Crippen molar-refractivity contribution in [1.29, 1.82) is 0 Å². The molecule has 1 aromatic carbocycles. The van der Waals surface area contributed by atoms with Crippen LogP contribution in [-0.4, -0.2) is 18.9 Å². The topological polar surface area (TPSA) is 9.23 Å². The molecule has 0 amide bonds. The molecule has 0 unspecified atom stereocenters. The molecule has 0 spiro atoms. The maximum Gasteiger partial charge on any atom is 0.161 e. The van der Waals surface area contributed by atoms with E-state index >= 15 is 0 Å². The first-order chi connectivity index (χ1) is 6.18. The Hall–Kier alpha value is -0.890. The summed E-state index contributed by atoms with van der Waals surface area (Å²) in [5.41, 5.74) is 1.16. The minimum Gasteiger partial charge on any atom is -0.375 e. The third kappa shape index (κ3) is 1.89. The van der Waals surface area contributed by atoms with Gasteiger partial charge in [0.15, 0.2) is 5.67 Å². The molecule has 0 radical (unpaired) electrons. The molecule has 1 saturated heterocycles. The normalized spacial score (nSPS) is 19.5. The van der Waals surface area contributed by atoms with Gasteiger partial charge >= 0.3 is 0 Å². The molecular formula is C11H13FO. The Morgan fingerprint density at radius 1 is 1.31 bits per heavy atom. The van der Waals surface area contributed by atoms with Crippen molar-refractivity contribution < 1.29 is 9.13 Å². The van der Waals surface area contributed by atoms with Crippen LogP contribution in [0.3, 0.4) is 0 Å². The minimum absolute atomic E-state index is 0.251. The number of rotatable bonds is 2. The summed E-state index contributed by atoms with van der Waals surface area (Å²) in [6.45, 7) is 2.53. The van der Waals surface area contributed by atoms with Crippen LogP contribution in [0.1, 0.15) is 11.1 Å². The van der Waals surface area contributed by atoms with Crippen LogP contribution in [0, 0.1) is 6.92 Å². The standard InChI is InChI=1S/C11H13FO/c1-9-2-4-10(5-3-9)6-11(12)7-13-8-11/h2-5H,6-8H2,1H3. The molecule has 1 nitrogen and oxygen atoms in total. The lowest BCUT2D eigenvalue weighted by Gasteiger charge is -2.33. The lowest BCUT2D eigenvalue weighted by Crippen LogP contribution is -2.47. The molecule has 0 aromatic heterocycles. The Balaban J connectivity index is 2.05. The summed E-state index contributed by atoms with van der Waals surface area (Å²) in [4.78, 5) is 0. The number of hydrogen-bond donors (Lipinski definition) is 0. The monoisotopic (exact) mass is 180 g/mol. The predicted molar refractivity (Wildman–Crippen MR) is 49.5 cm³/mol. The van der Waals surface area contributed by atoms with E-state index < -0.39 is 5.67 Å². The first-order valence-corrected chi connectivity index (χ1v) is 4.50. The fourth-order valence-electron chi connectivity index (χ4n) is 1.50. The van der Waals surface area contributed by atoms with Gasteiger partial charge in [-0.1, -0.05) is 29.8 Å². The highest BCUT2D eigenvalue weighted by Crippen LogP contribution is 2.26. The van der Waals surface area contributed by atoms with E-state index in [0.717, 1.165) is 5.56 Å². The zero-order chi connectivity index (χ0) is 9.31. The van der Waals surface area contributed by atoms with E-state index in [1.54, 1.807) is 0 Å². The lowest BCUT2D eigenvalue weighted by molar-refractivity contribution is -0.128. The Bertz CT molecular complexity index is 287. The van der Waals surface area contributed by atoms with Gasteiger partial charge in [-0.15, -0.1) is 0 Å². The lowest BCUT2D eigenvalue weighted by atomic mass is 9.94. The van der Waals surface area contributed by atoms with Gasteiger partial charge in [-0.3, -0.25) is 0 Å². The Morgan fingerprint density at radius 2 is 1.92 bits per heavy atom. The van der Waals surface area contributed by atoms with E-state index in [-0.39, 0.29) is 13.2 Å². The van der Waals surface area contributed by atoms with Crippen molar-refractivity contribution in [3.05, 3.63) is 35.4 Å². The van der Waals surface area contributed by atoms with E-state index in [2.05, 4.69) is 0 Å². The van der Waals surface area contributed by atoms with Gasteiger partial charge < -0.3 is 4.74 Å². The van der Waals surface area contributed by atoms with Crippen molar-refractivity contribution in [1.82, 2.24) is 0 Å². The maximum atomic E-state index is 13.6. The third-order valence-electron chi connectivity index (χ3n) is 2.36. The van der Waals surface area contributed by atoms with Crippen molar-refractivity contribution in [3.63, 3.8) is 0 Å². The molecule has 0 N–H and O–H groups in total. The largest absolute Gasteiger partial charge is 0.375 e. The molecule has 0 bridgehead atoms. The predicted octanol–water partition coefficient (Wildman–Crippen LogP) is 2.28. The average Bonchev–Trinajstić information content (AvgIpc) is 2.06. The van der Waals surface area contributed by atoms with Crippen LogP contribution in [0.5, 0.6) is 0 Å². The average molecular weight is 180 g/mol. The first-order valence-electron chi connectivity index (χ1n) is 4.50. The maximum absolute atomic E-state index is 13.6. The second kappa shape index (κ2) is 3.11. The molecule has 0 atom stereocenters. The van der Waals surface area contributed by atoms with Crippen molar-refractivity contribution >= 4 is 0 Å². The quantitative estimate of drug-likeness (QED) is 0.678. The second-order valence-electron chi connectivity index (χ2n) is 3.81. The van der Waals surface area contributed by atoms with Crippen LogP contribution in [-0.2, 0) is 11.2 Å². The molecular weight excluding hydrogens is 167 g/mol. The molecule has 0 aliphatic carbocycles. The van der Waals surface area contributed by atoms with Gasteiger partial charge in [-0.05, 0) is 12.5 Å². The fraction of sp³-hybridized carbons (Fsp3) is 0.455. The zero-order valence-corrected chi connectivity index (χ0v) is 7.72.